The normalized spacial score (nSPS) is 10.6. The van der Waals surface area contributed by atoms with E-state index in [2.05, 4.69) is 37.6 Å². The zero-order valence-corrected chi connectivity index (χ0v) is 12.0. The minimum absolute atomic E-state index is 0.0664. The summed E-state index contributed by atoms with van der Waals surface area (Å²) in [7, 11) is 1.79. The van der Waals surface area contributed by atoms with Gasteiger partial charge in [-0.25, -0.2) is 4.98 Å². The predicted molar refractivity (Wildman–Crippen MR) is 76.6 cm³/mol. The van der Waals surface area contributed by atoms with Gasteiger partial charge in [-0.05, 0) is 17.5 Å². The zero-order valence-electron chi connectivity index (χ0n) is 12.0. The van der Waals surface area contributed by atoms with Crippen LogP contribution in [0, 0.1) is 17.3 Å². The third-order valence-electron chi connectivity index (χ3n) is 2.38. The number of nitrogens with zero attached hydrogens (tertiary/aromatic N) is 2. The topological polar surface area (TPSA) is 59.2 Å². The summed E-state index contributed by atoms with van der Waals surface area (Å²) in [6.07, 6.45) is 1.60. The second-order valence-electron chi connectivity index (χ2n) is 5.66. The van der Waals surface area contributed by atoms with Crippen LogP contribution >= 0.6 is 0 Å². The van der Waals surface area contributed by atoms with Crippen LogP contribution < -0.4 is 5.73 Å². The predicted octanol–water partition coefficient (Wildman–Crippen LogP) is 1.51. The van der Waals surface area contributed by atoms with Crippen LogP contribution in [0.1, 0.15) is 36.8 Å². The maximum atomic E-state index is 12.2. The highest BCUT2D eigenvalue weighted by atomic mass is 16.2. The SMILES string of the molecule is CN(CC(C)(C)C)C(=O)c1ccc(C#CCN)cn1. The van der Waals surface area contributed by atoms with E-state index in [0.717, 1.165) is 5.56 Å². The summed E-state index contributed by atoms with van der Waals surface area (Å²) in [5.74, 6) is 5.55. The van der Waals surface area contributed by atoms with Crippen LogP contribution in [0.2, 0.25) is 0 Å². The first-order valence-corrected chi connectivity index (χ1v) is 6.24. The number of hydrogen-bond acceptors (Lipinski definition) is 3. The molecule has 0 saturated carbocycles. The van der Waals surface area contributed by atoms with Gasteiger partial charge in [-0.15, -0.1) is 0 Å². The van der Waals surface area contributed by atoms with E-state index in [1.54, 1.807) is 30.3 Å². The molecular weight excluding hydrogens is 238 g/mol. The molecule has 0 aromatic carbocycles. The second-order valence-corrected chi connectivity index (χ2v) is 5.66. The minimum atomic E-state index is -0.0757. The fourth-order valence-electron chi connectivity index (χ4n) is 1.73. The summed E-state index contributed by atoms with van der Waals surface area (Å²) in [6.45, 7) is 7.28. The molecule has 102 valence electrons. The summed E-state index contributed by atoms with van der Waals surface area (Å²) in [6, 6.07) is 3.48. The van der Waals surface area contributed by atoms with Gasteiger partial charge in [0.1, 0.15) is 5.69 Å². The molecule has 0 atom stereocenters. The molecule has 19 heavy (non-hydrogen) atoms. The highest BCUT2D eigenvalue weighted by molar-refractivity contribution is 5.92. The molecule has 0 aliphatic heterocycles. The number of pyridine rings is 1. The first kappa shape index (κ1) is 15.2. The highest BCUT2D eigenvalue weighted by Gasteiger charge is 2.19. The van der Waals surface area contributed by atoms with Crippen LogP contribution in [0.5, 0.6) is 0 Å². The summed E-state index contributed by atoms with van der Waals surface area (Å²) in [4.78, 5) is 18.0. The average Bonchev–Trinajstić information content (AvgIpc) is 2.34. The van der Waals surface area contributed by atoms with E-state index in [0.29, 0.717) is 18.8 Å². The van der Waals surface area contributed by atoms with Crippen molar-refractivity contribution in [2.75, 3.05) is 20.1 Å². The third kappa shape index (κ3) is 5.11. The molecule has 1 aromatic rings. The fraction of sp³-hybridized carbons (Fsp3) is 0.467. The van der Waals surface area contributed by atoms with Crippen molar-refractivity contribution in [2.45, 2.75) is 20.8 Å². The number of amides is 1. The summed E-state index contributed by atoms with van der Waals surface area (Å²) in [5, 5.41) is 0. The lowest BCUT2D eigenvalue weighted by Gasteiger charge is -2.26. The lowest BCUT2D eigenvalue weighted by Crippen LogP contribution is -2.34. The van der Waals surface area contributed by atoms with Gasteiger partial charge in [0.25, 0.3) is 5.91 Å². The summed E-state index contributed by atoms with van der Waals surface area (Å²) >= 11 is 0. The van der Waals surface area contributed by atoms with Crippen LogP contribution in [0.25, 0.3) is 0 Å². The highest BCUT2D eigenvalue weighted by Crippen LogP contribution is 2.15. The van der Waals surface area contributed by atoms with Crippen LogP contribution in [0.3, 0.4) is 0 Å². The lowest BCUT2D eigenvalue weighted by molar-refractivity contribution is 0.0740. The summed E-state index contributed by atoms with van der Waals surface area (Å²) in [5.41, 5.74) is 6.56. The van der Waals surface area contributed by atoms with Gasteiger partial charge in [0.15, 0.2) is 0 Å². The largest absolute Gasteiger partial charge is 0.340 e. The second kappa shape index (κ2) is 6.35. The van der Waals surface area contributed by atoms with E-state index >= 15 is 0 Å². The Balaban J connectivity index is 2.78. The Labute approximate surface area is 115 Å². The smallest absolute Gasteiger partial charge is 0.272 e. The van der Waals surface area contributed by atoms with Gasteiger partial charge in [-0.1, -0.05) is 32.6 Å². The van der Waals surface area contributed by atoms with Crippen molar-refractivity contribution in [3.8, 4) is 11.8 Å². The van der Waals surface area contributed by atoms with E-state index in [1.165, 1.54) is 0 Å². The van der Waals surface area contributed by atoms with Crippen molar-refractivity contribution in [2.24, 2.45) is 11.1 Å². The van der Waals surface area contributed by atoms with Crippen LogP contribution in [-0.2, 0) is 0 Å². The van der Waals surface area contributed by atoms with Gasteiger partial charge in [-0.2, -0.15) is 0 Å². The Morgan fingerprint density at radius 1 is 1.42 bits per heavy atom. The number of carbonyl (C=O) groups excluding carboxylic acids is 1. The first-order valence-electron chi connectivity index (χ1n) is 6.24. The zero-order chi connectivity index (χ0) is 14.5. The van der Waals surface area contributed by atoms with Crippen molar-refractivity contribution >= 4 is 5.91 Å². The van der Waals surface area contributed by atoms with Crippen LogP contribution in [0.15, 0.2) is 18.3 Å². The van der Waals surface area contributed by atoms with Gasteiger partial charge < -0.3 is 10.6 Å². The molecule has 0 aliphatic rings. The van der Waals surface area contributed by atoms with E-state index in [9.17, 15) is 4.79 Å². The van der Waals surface area contributed by atoms with Crippen molar-refractivity contribution < 1.29 is 4.79 Å². The Morgan fingerprint density at radius 3 is 2.58 bits per heavy atom. The fourth-order valence-corrected chi connectivity index (χ4v) is 1.73. The van der Waals surface area contributed by atoms with Crippen LogP contribution in [0.4, 0.5) is 0 Å². The number of carbonyl (C=O) groups is 1. The van der Waals surface area contributed by atoms with Crippen LogP contribution in [-0.4, -0.2) is 35.9 Å². The van der Waals surface area contributed by atoms with Crippen molar-refractivity contribution in [1.82, 2.24) is 9.88 Å². The Kier molecular flexibility index (Phi) is 5.08. The van der Waals surface area contributed by atoms with Gasteiger partial charge in [0.2, 0.25) is 0 Å². The molecule has 1 aromatic heterocycles. The molecule has 1 amide bonds. The number of nitrogens with two attached hydrogens (primary N) is 1. The number of rotatable bonds is 2. The Morgan fingerprint density at radius 2 is 2.11 bits per heavy atom. The Hall–Kier alpha value is -1.86. The maximum absolute atomic E-state index is 12.2. The standard InChI is InChI=1S/C15H21N3O/c1-15(2,3)11-18(4)14(19)13-8-7-12(10-17-13)6-5-9-16/h7-8,10H,9,11,16H2,1-4H3. The molecule has 2 N–H and O–H groups in total. The van der Waals surface area contributed by atoms with E-state index in [4.69, 9.17) is 5.73 Å². The molecule has 0 spiro atoms. The van der Waals surface area contributed by atoms with Crippen molar-refractivity contribution in [3.63, 3.8) is 0 Å². The van der Waals surface area contributed by atoms with Gasteiger partial charge in [0, 0.05) is 25.4 Å². The van der Waals surface area contributed by atoms with Crippen molar-refractivity contribution in [1.29, 1.82) is 0 Å². The van der Waals surface area contributed by atoms with Crippen molar-refractivity contribution in [3.05, 3.63) is 29.6 Å². The van der Waals surface area contributed by atoms with Gasteiger partial charge in [0.05, 0.1) is 6.54 Å². The van der Waals surface area contributed by atoms with Gasteiger partial charge >= 0.3 is 0 Å². The molecule has 0 unspecified atom stereocenters. The lowest BCUT2D eigenvalue weighted by atomic mass is 9.96. The van der Waals surface area contributed by atoms with Gasteiger partial charge in [-0.3, -0.25) is 4.79 Å². The molecule has 0 bridgehead atoms. The average molecular weight is 259 g/mol. The molecular formula is C15H21N3O. The minimum Gasteiger partial charge on any atom is -0.340 e. The Bertz CT molecular complexity index is 489. The molecule has 0 aliphatic carbocycles. The third-order valence-corrected chi connectivity index (χ3v) is 2.38. The molecule has 4 nitrogen and oxygen atoms in total. The number of aromatic nitrogens is 1. The van der Waals surface area contributed by atoms with E-state index in [-0.39, 0.29) is 11.3 Å². The molecule has 0 radical (unpaired) electrons. The quantitative estimate of drug-likeness (QED) is 0.819. The first-order chi connectivity index (χ1) is 8.83. The number of hydrogen-bond donors (Lipinski definition) is 1. The molecule has 0 saturated heterocycles. The maximum Gasteiger partial charge on any atom is 0.272 e. The molecule has 1 heterocycles. The van der Waals surface area contributed by atoms with E-state index in [1.807, 2.05) is 0 Å². The molecule has 4 heteroatoms. The molecule has 1 rings (SSSR count). The monoisotopic (exact) mass is 259 g/mol. The summed E-state index contributed by atoms with van der Waals surface area (Å²) < 4.78 is 0. The van der Waals surface area contributed by atoms with E-state index < -0.39 is 0 Å². The molecule has 0 fully saturated rings.